The second kappa shape index (κ2) is 5.24. The maximum absolute atomic E-state index is 10.5. The summed E-state index contributed by atoms with van der Waals surface area (Å²) in [4.78, 5) is 10.5. The zero-order valence-electron chi connectivity index (χ0n) is 7.54. The number of carbonyl (C=O) groups excluding carboxylic acids is 1. The summed E-state index contributed by atoms with van der Waals surface area (Å²) < 4.78 is 4.60. The summed E-state index contributed by atoms with van der Waals surface area (Å²) in [7, 11) is 0. The Hall–Kier alpha value is -0.930. The normalized spacial score (nSPS) is 11.5. The number of amides is 1. The van der Waals surface area contributed by atoms with Crippen LogP contribution in [0.5, 0.6) is 5.75 Å². The highest BCUT2D eigenvalue weighted by Crippen LogP contribution is 2.30. The van der Waals surface area contributed by atoms with Gasteiger partial charge in [-0.15, -0.1) is 6.42 Å². The molecule has 3 nitrogen and oxygen atoms in total. The van der Waals surface area contributed by atoms with Crippen molar-refractivity contribution in [2.45, 2.75) is 3.92 Å². The predicted molar refractivity (Wildman–Crippen MR) is 67.3 cm³/mol. The molecule has 1 atom stereocenters. The van der Waals surface area contributed by atoms with Crippen LogP contribution in [-0.4, -0.2) is 6.09 Å². The number of hydrogen-bond donors (Lipinski definition) is 1. The van der Waals surface area contributed by atoms with E-state index in [1.165, 1.54) is 0 Å². The minimum absolute atomic E-state index is 0.0669. The van der Waals surface area contributed by atoms with Gasteiger partial charge in [0.2, 0.25) is 0 Å². The Balaban J connectivity index is 2.99. The predicted octanol–water partition coefficient (Wildman–Crippen LogP) is 2.91. The van der Waals surface area contributed by atoms with Crippen LogP contribution in [-0.2, 0) is 0 Å². The Labute approximate surface area is 106 Å². The van der Waals surface area contributed by atoms with Crippen molar-refractivity contribution in [3.63, 3.8) is 0 Å². The molecule has 78 valence electrons. The molecule has 0 fully saturated rings. The van der Waals surface area contributed by atoms with E-state index in [-0.39, 0.29) is 9.67 Å². The maximum Gasteiger partial charge on any atom is 0.410 e. The molecule has 0 saturated carbocycles. The summed E-state index contributed by atoms with van der Waals surface area (Å²) in [5.41, 5.74) is 5.74. The van der Waals surface area contributed by atoms with Gasteiger partial charge in [0.25, 0.3) is 0 Å². The topological polar surface area (TPSA) is 52.3 Å². The van der Waals surface area contributed by atoms with Crippen LogP contribution in [0.4, 0.5) is 4.79 Å². The molecular formula is C10H7ClINO2. The first kappa shape index (κ1) is 12.1. The summed E-state index contributed by atoms with van der Waals surface area (Å²) >= 11 is 7.97. The third-order valence-corrected chi connectivity index (χ3v) is 2.98. The highest BCUT2D eigenvalue weighted by Gasteiger charge is 2.09. The lowest BCUT2D eigenvalue weighted by atomic mass is 10.1. The molecule has 0 aliphatic heterocycles. The van der Waals surface area contributed by atoms with Crippen molar-refractivity contribution in [3.05, 3.63) is 28.8 Å². The molecule has 0 aliphatic rings. The van der Waals surface area contributed by atoms with Crippen molar-refractivity contribution in [2.24, 2.45) is 5.73 Å². The largest absolute Gasteiger partial charge is 0.410 e. The lowest BCUT2D eigenvalue weighted by molar-refractivity contribution is 0.211. The van der Waals surface area contributed by atoms with Crippen LogP contribution in [0.15, 0.2) is 18.2 Å². The van der Waals surface area contributed by atoms with Gasteiger partial charge in [-0.3, -0.25) is 0 Å². The van der Waals surface area contributed by atoms with Gasteiger partial charge in [-0.25, -0.2) is 4.79 Å². The molecule has 5 heteroatoms. The van der Waals surface area contributed by atoms with Gasteiger partial charge in [-0.2, -0.15) is 0 Å². The standard InChI is InChI=1S/C10H7ClINO2/c1-2-8(12)6-3-4-9(7(11)5-6)15-10(13)14/h1,3-5,8H,(H2,13,14). The molecule has 0 bridgehead atoms. The van der Waals surface area contributed by atoms with Gasteiger partial charge in [0.15, 0.2) is 5.75 Å². The molecule has 0 aromatic heterocycles. The molecule has 0 saturated heterocycles. The molecular weight excluding hydrogens is 328 g/mol. The summed E-state index contributed by atoms with van der Waals surface area (Å²) in [5.74, 6) is 2.79. The Morgan fingerprint density at radius 3 is 2.80 bits per heavy atom. The van der Waals surface area contributed by atoms with Gasteiger partial charge in [0, 0.05) is 0 Å². The van der Waals surface area contributed by atoms with Crippen molar-refractivity contribution < 1.29 is 9.53 Å². The van der Waals surface area contributed by atoms with E-state index in [4.69, 9.17) is 23.8 Å². The quantitative estimate of drug-likeness (QED) is 0.513. The van der Waals surface area contributed by atoms with Crippen LogP contribution in [0.3, 0.4) is 0 Å². The molecule has 1 aromatic carbocycles. The van der Waals surface area contributed by atoms with Crippen molar-refractivity contribution in [1.29, 1.82) is 0 Å². The van der Waals surface area contributed by atoms with Gasteiger partial charge in [0.05, 0.1) is 8.95 Å². The van der Waals surface area contributed by atoms with Crippen LogP contribution >= 0.6 is 34.2 Å². The third-order valence-electron chi connectivity index (χ3n) is 1.61. The fraction of sp³-hybridized carbons (Fsp3) is 0.100. The zero-order valence-corrected chi connectivity index (χ0v) is 10.4. The van der Waals surface area contributed by atoms with E-state index in [2.05, 4.69) is 33.2 Å². The minimum Gasteiger partial charge on any atom is -0.409 e. The number of carbonyl (C=O) groups is 1. The summed E-state index contributed by atoms with van der Waals surface area (Å²) in [6.07, 6.45) is 4.37. The highest BCUT2D eigenvalue weighted by atomic mass is 127. The number of terminal acetylenes is 1. The number of ether oxygens (including phenoxy) is 1. The number of alkyl halides is 1. The SMILES string of the molecule is C#CC(I)c1ccc(OC(N)=O)c(Cl)c1. The lowest BCUT2D eigenvalue weighted by Gasteiger charge is -2.07. The molecule has 0 aliphatic carbocycles. The summed E-state index contributed by atoms with van der Waals surface area (Å²) in [5, 5.41) is 0.309. The Morgan fingerprint density at radius 2 is 2.33 bits per heavy atom. The number of halogens is 2. The van der Waals surface area contributed by atoms with Crippen LogP contribution in [0.2, 0.25) is 5.02 Å². The van der Waals surface area contributed by atoms with Crippen LogP contribution < -0.4 is 10.5 Å². The first-order chi connectivity index (χ1) is 7.04. The lowest BCUT2D eigenvalue weighted by Crippen LogP contribution is -2.16. The maximum atomic E-state index is 10.5. The fourth-order valence-electron chi connectivity index (χ4n) is 0.962. The van der Waals surface area contributed by atoms with Crippen molar-refractivity contribution >= 4 is 40.3 Å². The fourth-order valence-corrected chi connectivity index (χ4v) is 1.58. The van der Waals surface area contributed by atoms with E-state index in [0.29, 0.717) is 5.02 Å². The molecule has 1 rings (SSSR count). The number of rotatable bonds is 2. The van der Waals surface area contributed by atoms with Gasteiger partial charge < -0.3 is 10.5 Å². The monoisotopic (exact) mass is 335 g/mol. The van der Waals surface area contributed by atoms with Crippen molar-refractivity contribution in [3.8, 4) is 18.1 Å². The molecule has 1 aromatic rings. The zero-order chi connectivity index (χ0) is 11.4. The second-order valence-corrected chi connectivity index (χ2v) is 4.29. The first-order valence-electron chi connectivity index (χ1n) is 3.91. The van der Waals surface area contributed by atoms with Crippen LogP contribution in [0.25, 0.3) is 0 Å². The molecule has 2 N–H and O–H groups in total. The Morgan fingerprint density at radius 1 is 1.67 bits per heavy atom. The second-order valence-electron chi connectivity index (χ2n) is 2.64. The van der Waals surface area contributed by atoms with Crippen LogP contribution in [0, 0.1) is 12.3 Å². The number of hydrogen-bond acceptors (Lipinski definition) is 2. The van der Waals surface area contributed by atoms with E-state index in [1.807, 2.05) is 0 Å². The molecule has 1 unspecified atom stereocenters. The smallest absolute Gasteiger partial charge is 0.409 e. The van der Waals surface area contributed by atoms with Crippen molar-refractivity contribution in [2.75, 3.05) is 0 Å². The number of benzene rings is 1. The van der Waals surface area contributed by atoms with Crippen molar-refractivity contribution in [1.82, 2.24) is 0 Å². The van der Waals surface area contributed by atoms with E-state index in [1.54, 1.807) is 18.2 Å². The highest BCUT2D eigenvalue weighted by molar-refractivity contribution is 14.1. The van der Waals surface area contributed by atoms with E-state index < -0.39 is 6.09 Å². The molecule has 0 heterocycles. The summed E-state index contributed by atoms with van der Waals surface area (Å²) in [6, 6.07) is 4.95. The third kappa shape index (κ3) is 3.29. The van der Waals surface area contributed by atoms with Gasteiger partial charge in [0.1, 0.15) is 0 Å². The molecule has 0 radical (unpaired) electrons. The van der Waals surface area contributed by atoms with E-state index in [9.17, 15) is 4.79 Å². The molecule has 15 heavy (non-hydrogen) atoms. The molecule has 1 amide bonds. The number of primary amides is 1. The van der Waals surface area contributed by atoms with E-state index in [0.717, 1.165) is 5.56 Å². The Bertz CT molecular complexity index is 428. The van der Waals surface area contributed by atoms with Gasteiger partial charge >= 0.3 is 6.09 Å². The molecule has 0 spiro atoms. The minimum atomic E-state index is -0.896. The van der Waals surface area contributed by atoms with E-state index >= 15 is 0 Å². The average Bonchev–Trinajstić information content (AvgIpc) is 2.19. The first-order valence-corrected chi connectivity index (χ1v) is 5.54. The average molecular weight is 336 g/mol. The van der Waals surface area contributed by atoms with Gasteiger partial charge in [-0.1, -0.05) is 46.2 Å². The van der Waals surface area contributed by atoms with Crippen LogP contribution in [0.1, 0.15) is 9.49 Å². The van der Waals surface area contributed by atoms with Gasteiger partial charge in [-0.05, 0) is 17.7 Å². The number of nitrogens with two attached hydrogens (primary N) is 1. The Kier molecular flexibility index (Phi) is 4.24. The summed E-state index contributed by atoms with van der Waals surface area (Å²) in [6.45, 7) is 0.